The number of carbonyl (C=O) groups excluding carboxylic acids is 2. The molecule has 0 aliphatic heterocycles. The number of carbonyl (C=O) groups is 2. The maximum Gasteiger partial charge on any atom is 0.244 e. The first-order chi connectivity index (χ1) is 8.19. The molecule has 1 atom stereocenters. The first-order valence-corrected chi connectivity index (χ1v) is 5.83. The summed E-state index contributed by atoms with van der Waals surface area (Å²) in [6.45, 7) is 4.51. The molecule has 0 spiro atoms. The lowest BCUT2D eigenvalue weighted by Gasteiger charge is -2.11. The summed E-state index contributed by atoms with van der Waals surface area (Å²) in [5, 5.41) is 10.2. The van der Waals surface area contributed by atoms with E-state index in [2.05, 4.69) is 22.6 Å². The number of amides is 1. The maximum absolute atomic E-state index is 11.7. The minimum Gasteiger partial charge on any atom is -0.354 e. The third-order valence-electron chi connectivity index (χ3n) is 2.50. The van der Waals surface area contributed by atoms with Crippen LogP contribution in [0.3, 0.4) is 0 Å². The van der Waals surface area contributed by atoms with Crippen molar-refractivity contribution in [2.75, 3.05) is 6.54 Å². The Labute approximate surface area is 100 Å². The fourth-order valence-electron chi connectivity index (χ4n) is 1.39. The van der Waals surface area contributed by atoms with Gasteiger partial charge in [0.25, 0.3) is 0 Å². The van der Waals surface area contributed by atoms with Gasteiger partial charge in [-0.2, -0.15) is 0 Å². The number of aldehydes is 1. The third-order valence-corrected chi connectivity index (χ3v) is 2.50. The van der Waals surface area contributed by atoms with Crippen LogP contribution in [0.25, 0.3) is 0 Å². The number of nitrogens with one attached hydrogen (secondary N) is 1. The van der Waals surface area contributed by atoms with Crippen molar-refractivity contribution in [1.82, 2.24) is 20.3 Å². The lowest BCUT2D eigenvalue weighted by atomic mass is 10.2. The molecule has 1 heterocycles. The normalized spacial score (nSPS) is 12.1. The van der Waals surface area contributed by atoms with Crippen molar-refractivity contribution in [3.8, 4) is 0 Å². The molecule has 1 amide bonds. The van der Waals surface area contributed by atoms with E-state index in [1.54, 1.807) is 6.92 Å². The van der Waals surface area contributed by atoms with Gasteiger partial charge in [-0.1, -0.05) is 25.0 Å². The van der Waals surface area contributed by atoms with Crippen LogP contribution < -0.4 is 5.32 Å². The second kappa shape index (κ2) is 6.78. The molecule has 17 heavy (non-hydrogen) atoms. The van der Waals surface area contributed by atoms with E-state index in [0.29, 0.717) is 12.8 Å². The highest BCUT2D eigenvalue weighted by molar-refractivity contribution is 5.80. The Morgan fingerprint density at radius 2 is 2.35 bits per heavy atom. The van der Waals surface area contributed by atoms with E-state index in [0.717, 1.165) is 19.3 Å². The zero-order chi connectivity index (χ0) is 12.7. The third kappa shape index (κ3) is 3.97. The molecule has 94 valence electrons. The van der Waals surface area contributed by atoms with Gasteiger partial charge < -0.3 is 5.32 Å². The van der Waals surface area contributed by atoms with E-state index >= 15 is 0 Å². The van der Waals surface area contributed by atoms with Crippen LogP contribution in [-0.4, -0.2) is 33.7 Å². The van der Waals surface area contributed by atoms with Gasteiger partial charge in [-0.25, -0.2) is 4.68 Å². The Hall–Kier alpha value is -1.72. The molecule has 0 radical (unpaired) electrons. The molecule has 1 N–H and O–H groups in total. The number of unbranched alkanes of at least 4 members (excludes halogenated alkanes) is 2. The van der Waals surface area contributed by atoms with Crippen LogP contribution in [0.5, 0.6) is 0 Å². The minimum absolute atomic E-state index is 0.108. The number of rotatable bonds is 7. The number of nitrogens with zero attached hydrogens (tertiary/aromatic N) is 3. The number of hydrogen-bond donors (Lipinski definition) is 1. The van der Waals surface area contributed by atoms with E-state index in [9.17, 15) is 9.59 Å². The van der Waals surface area contributed by atoms with E-state index < -0.39 is 6.04 Å². The van der Waals surface area contributed by atoms with Crippen molar-refractivity contribution in [2.24, 2.45) is 0 Å². The van der Waals surface area contributed by atoms with E-state index in [1.165, 1.54) is 10.9 Å². The Morgan fingerprint density at radius 1 is 1.59 bits per heavy atom. The van der Waals surface area contributed by atoms with Crippen molar-refractivity contribution < 1.29 is 9.59 Å². The average Bonchev–Trinajstić information content (AvgIpc) is 2.82. The summed E-state index contributed by atoms with van der Waals surface area (Å²) in [4.78, 5) is 22.2. The Balaban J connectivity index is 2.43. The summed E-state index contributed by atoms with van der Waals surface area (Å²) in [5.41, 5.74) is 0.232. The molecular formula is C11H18N4O2. The molecule has 0 fully saturated rings. The fourth-order valence-corrected chi connectivity index (χ4v) is 1.39. The van der Waals surface area contributed by atoms with Gasteiger partial charge in [0.05, 0.1) is 6.20 Å². The van der Waals surface area contributed by atoms with Gasteiger partial charge in [0.1, 0.15) is 11.7 Å². The first-order valence-electron chi connectivity index (χ1n) is 5.83. The van der Waals surface area contributed by atoms with Gasteiger partial charge >= 0.3 is 0 Å². The highest BCUT2D eigenvalue weighted by Crippen LogP contribution is 2.04. The summed E-state index contributed by atoms with van der Waals surface area (Å²) in [6.07, 6.45) is 5.27. The highest BCUT2D eigenvalue weighted by atomic mass is 16.2. The Bertz CT molecular complexity index is 375. The quantitative estimate of drug-likeness (QED) is 0.567. The zero-order valence-corrected chi connectivity index (χ0v) is 10.2. The lowest BCUT2D eigenvalue weighted by Crippen LogP contribution is -2.32. The predicted molar refractivity (Wildman–Crippen MR) is 62.7 cm³/mol. The van der Waals surface area contributed by atoms with Crippen molar-refractivity contribution in [2.45, 2.75) is 39.2 Å². The molecule has 0 aromatic carbocycles. The summed E-state index contributed by atoms with van der Waals surface area (Å²) in [6, 6.07) is -0.446. The molecule has 0 aliphatic carbocycles. The Morgan fingerprint density at radius 3 is 2.94 bits per heavy atom. The molecule has 1 rings (SSSR count). The van der Waals surface area contributed by atoms with E-state index in [4.69, 9.17) is 0 Å². The Kier molecular flexibility index (Phi) is 5.32. The molecule has 6 heteroatoms. The molecule has 1 aromatic rings. The predicted octanol–water partition coefficient (Wildman–Crippen LogP) is 0.958. The molecule has 0 saturated heterocycles. The van der Waals surface area contributed by atoms with E-state index in [-0.39, 0.29) is 11.6 Å². The fraction of sp³-hybridized carbons (Fsp3) is 0.636. The highest BCUT2D eigenvalue weighted by Gasteiger charge is 2.15. The van der Waals surface area contributed by atoms with Crippen LogP contribution in [0.15, 0.2) is 6.20 Å². The SMILES string of the molecule is CCCCCNC(=O)C(C)n1cc(C=O)nn1. The van der Waals surface area contributed by atoms with Crippen molar-refractivity contribution in [3.05, 3.63) is 11.9 Å². The zero-order valence-electron chi connectivity index (χ0n) is 10.2. The van der Waals surface area contributed by atoms with Gasteiger partial charge in [0.15, 0.2) is 6.29 Å². The van der Waals surface area contributed by atoms with Gasteiger partial charge in [-0.15, -0.1) is 5.10 Å². The minimum atomic E-state index is -0.446. The second-order valence-electron chi connectivity index (χ2n) is 3.92. The standard InChI is InChI=1S/C11H18N4O2/c1-3-4-5-6-12-11(17)9(2)15-7-10(8-16)13-14-15/h7-9H,3-6H2,1-2H3,(H,12,17). The molecule has 0 aliphatic rings. The summed E-state index contributed by atoms with van der Waals surface area (Å²) in [7, 11) is 0. The summed E-state index contributed by atoms with van der Waals surface area (Å²) >= 11 is 0. The second-order valence-corrected chi connectivity index (χ2v) is 3.92. The number of hydrogen-bond acceptors (Lipinski definition) is 4. The molecule has 1 aromatic heterocycles. The van der Waals surface area contributed by atoms with Crippen LogP contribution in [-0.2, 0) is 4.79 Å². The van der Waals surface area contributed by atoms with Crippen molar-refractivity contribution in [3.63, 3.8) is 0 Å². The van der Waals surface area contributed by atoms with Gasteiger partial charge in [-0.3, -0.25) is 9.59 Å². The number of aromatic nitrogens is 3. The van der Waals surface area contributed by atoms with Crippen molar-refractivity contribution in [1.29, 1.82) is 0 Å². The van der Waals surface area contributed by atoms with Gasteiger partial charge in [0, 0.05) is 6.54 Å². The van der Waals surface area contributed by atoms with Crippen LogP contribution >= 0.6 is 0 Å². The smallest absolute Gasteiger partial charge is 0.244 e. The molecule has 0 bridgehead atoms. The van der Waals surface area contributed by atoms with Crippen molar-refractivity contribution >= 4 is 12.2 Å². The first kappa shape index (κ1) is 13.3. The average molecular weight is 238 g/mol. The summed E-state index contributed by atoms with van der Waals surface area (Å²) in [5.74, 6) is -0.108. The van der Waals surface area contributed by atoms with Crippen LogP contribution in [0.2, 0.25) is 0 Å². The van der Waals surface area contributed by atoms with Crippen LogP contribution in [0.4, 0.5) is 0 Å². The molecule has 0 saturated carbocycles. The van der Waals surface area contributed by atoms with Crippen LogP contribution in [0, 0.1) is 0 Å². The largest absolute Gasteiger partial charge is 0.354 e. The topological polar surface area (TPSA) is 76.9 Å². The molecular weight excluding hydrogens is 220 g/mol. The molecule has 1 unspecified atom stereocenters. The van der Waals surface area contributed by atoms with Crippen LogP contribution in [0.1, 0.15) is 49.6 Å². The summed E-state index contributed by atoms with van der Waals surface area (Å²) < 4.78 is 1.39. The van der Waals surface area contributed by atoms with E-state index in [1.807, 2.05) is 0 Å². The lowest BCUT2D eigenvalue weighted by molar-refractivity contribution is -0.124. The maximum atomic E-state index is 11.7. The van der Waals surface area contributed by atoms with Gasteiger partial charge in [0.2, 0.25) is 5.91 Å². The van der Waals surface area contributed by atoms with Gasteiger partial charge in [-0.05, 0) is 13.3 Å². The molecule has 6 nitrogen and oxygen atoms in total. The monoisotopic (exact) mass is 238 g/mol.